The van der Waals surface area contributed by atoms with Gasteiger partial charge >= 0.3 is 0 Å². The lowest BCUT2D eigenvalue weighted by Gasteiger charge is -2.27. The van der Waals surface area contributed by atoms with Crippen molar-refractivity contribution in [2.24, 2.45) is 0 Å². The molecule has 23 heavy (non-hydrogen) atoms. The molecule has 2 atom stereocenters. The van der Waals surface area contributed by atoms with E-state index in [4.69, 9.17) is 0 Å². The molecular formula is C18H15BrFO2P. The molecule has 0 saturated carbocycles. The topological polar surface area (TPSA) is 34.1 Å². The van der Waals surface area contributed by atoms with Crippen molar-refractivity contribution in [2.45, 2.75) is 24.9 Å². The van der Waals surface area contributed by atoms with Crippen molar-refractivity contribution in [3.05, 3.63) is 69.9 Å². The average molecular weight is 393 g/mol. The number of hydrogen-bond donors (Lipinski definition) is 0. The first kappa shape index (κ1) is 16.5. The van der Waals surface area contributed by atoms with Gasteiger partial charge in [-0.1, -0.05) is 36.4 Å². The zero-order valence-corrected chi connectivity index (χ0v) is 14.8. The van der Waals surface area contributed by atoms with Crippen molar-refractivity contribution < 1.29 is 14.0 Å². The average Bonchev–Trinajstić information content (AvgIpc) is 2.55. The minimum absolute atomic E-state index is 0.0261. The summed E-state index contributed by atoms with van der Waals surface area (Å²) in [6, 6.07) is 14.4. The first-order chi connectivity index (χ1) is 11.1. The third kappa shape index (κ3) is 3.59. The maximum atomic E-state index is 13.8. The highest BCUT2D eigenvalue weighted by molar-refractivity contribution is 9.10. The van der Waals surface area contributed by atoms with E-state index in [1.165, 1.54) is 6.07 Å². The quantitative estimate of drug-likeness (QED) is 0.672. The molecule has 0 radical (unpaired) electrons. The summed E-state index contributed by atoms with van der Waals surface area (Å²) in [7, 11) is -1.36. The second-order valence-electron chi connectivity index (χ2n) is 5.57. The third-order valence-electron chi connectivity index (χ3n) is 4.04. The van der Waals surface area contributed by atoms with Gasteiger partial charge in [0.2, 0.25) is 0 Å². The summed E-state index contributed by atoms with van der Waals surface area (Å²) < 4.78 is 14.1. The predicted molar refractivity (Wildman–Crippen MR) is 93.2 cm³/mol. The van der Waals surface area contributed by atoms with E-state index in [1.54, 1.807) is 12.1 Å². The lowest BCUT2D eigenvalue weighted by atomic mass is 9.95. The zero-order valence-electron chi connectivity index (χ0n) is 12.3. The van der Waals surface area contributed by atoms with Crippen LogP contribution in [0.25, 0.3) is 0 Å². The van der Waals surface area contributed by atoms with Crippen LogP contribution in [0.15, 0.2) is 53.0 Å². The number of hydrogen-bond acceptors (Lipinski definition) is 2. The van der Waals surface area contributed by atoms with Crippen LogP contribution in [0, 0.1) is 5.82 Å². The van der Waals surface area contributed by atoms with E-state index in [-0.39, 0.29) is 22.8 Å². The van der Waals surface area contributed by atoms with Crippen LogP contribution in [0.5, 0.6) is 0 Å². The Hall–Kier alpha value is -1.38. The van der Waals surface area contributed by atoms with E-state index in [2.05, 4.69) is 15.9 Å². The summed E-state index contributed by atoms with van der Waals surface area (Å²) in [4.78, 5) is 25.0. The molecule has 0 spiro atoms. The van der Waals surface area contributed by atoms with Crippen LogP contribution in [0.1, 0.15) is 29.9 Å². The van der Waals surface area contributed by atoms with Gasteiger partial charge in [0.1, 0.15) is 5.82 Å². The summed E-state index contributed by atoms with van der Waals surface area (Å²) >= 11 is 3.12. The Balaban J connectivity index is 1.85. The highest BCUT2D eigenvalue weighted by Gasteiger charge is 2.37. The molecule has 1 aliphatic heterocycles. The van der Waals surface area contributed by atoms with Gasteiger partial charge in [0.05, 0.1) is 4.47 Å². The molecule has 0 bridgehead atoms. The predicted octanol–water partition coefficient (Wildman–Crippen LogP) is 5.20. The van der Waals surface area contributed by atoms with Crippen molar-refractivity contribution in [2.75, 3.05) is 0 Å². The van der Waals surface area contributed by atoms with Crippen molar-refractivity contribution in [1.82, 2.24) is 0 Å². The lowest BCUT2D eigenvalue weighted by Crippen LogP contribution is -2.22. The monoisotopic (exact) mass is 392 g/mol. The lowest BCUT2D eigenvalue weighted by molar-refractivity contribution is -0.117. The van der Waals surface area contributed by atoms with Gasteiger partial charge < -0.3 is 0 Å². The molecule has 1 heterocycles. The largest absolute Gasteiger partial charge is 0.294 e. The van der Waals surface area contributed by atoms with Gasteiger partial charge in [0, 0.05) is 26.4 Å². The van der Waals surface area contributed by atoms with Crippen LogP contribution in [-0.2, 0) is 15.8 Å². The number of halogens is 2. The molecule has 1 saturated heterocycles. The Bertz CT molecular complexity index is 748. The maximum Gasteiger partial charge on any atom is 0.169 e. The Kier molecular flexibility index (Phi) is 5.03. The fraction of sp³-hybridized carbons (Fsp3) is 0.222. The van der Waals surface area contributed by atoms with Crippen LogP contribution in [0.3, 0.4) is 0 Å². The first-order valence-electron chi connectivity index (χ1n) is 7.39. The molecule has 2 unspecified atom stereocenters. The number of rotatable bonds is 3. The molecule has 0 N–H and O–H groups in total. The molecule has 0 aromatic heterocycles. The minimum Gasteiger partial charge on any atom is -0.294 e. The van der Waals surface area contributed by atoms with Gasteiger partial charge in [-0.3, -0.25) is 9.59 Å². The van der Waals surface area contributed by atoms with Crippen molar-refractivity contribution >= 4 is 34.9 Å². The first-order valence-corrected chi connectivity index (χ1v) is 9.71. The maximum absolute atomic E-state index is 13.8. The van der Waals surface area contributed by atoms with Gasteiger partial charge in [-0.25, -0.2) is 4.39 Å². The molecule has 2 aromatic rings. The standard InChI is InChI=1S/C18H15BrFO2P/c19-15-8-6-13(10-16(15)20)14-7-9-17(21)23(18(14)22)11-12-4-2-1-3-5-12/h1-6,8,10,14H,7,9,11H2. The smallest absolute Gasteiger partial charge is 0.169 e. The van der Waals surface area contributed by atoms with E-state index in [1.807, 2.05) is 30.3 Å². The van der Waals surface area contributed by atoms with Crippen LogP contribution < -0.4 is 0 Å². The number of carbonyl (C=O) groups excluding carboxylic acids is 2. The molecule has 2 aromatic carbocycles. The normalized spacial score (nSPS) is 21.5. The van der Waals surface area contributed by atoms with Crippen LogP contribution in [0.2, 0.25) is 0 Å². The SMILES string of the molecule is O=C1CCC(c2ccc(Br)c(F)c2)C(=O)P1Cc1ccccc1. The number of benzene rings is 2. The van der Waals surface area contributed by atoms with Crippen molar-refractivity contribution in [1.29, 1.82) is 0 Å². The minimum atomic E-state index is -1.36. The van der Waals surface area contributed by atoms with Gasteiger partial charge in [0.15, 0.2) is 11.0 Å². The molecule has 118 valence electrons. The second-order valence-corrected chi connectivity index (χ2v) is 8.53. The van der Waals surface area contributed by atoms with Gasteiger partial charge in [-0.05, 0) is 45.6 Å². The molecule has 5 heteroatoms. The van der Waals surface area contributed by atoms with E-state index in [0.29, 0.717) is 29.0 Å². The highest BCUT2D eigenvalue weighted by Crippen LogP contribution is 2.52. The second kappa shape index (κ2) is 7.02. The Labute approximate surface area is 144 Å². The zero-order chi connectivity index (χ0) is 16.4. The molecule has 0 amide bonds. The molecular weight excluding hydrogens is 378 g/mol. The molecule has 0 aliphatic carbocycles. The van der Waals surface area contributed by atoms with E-state index < -0.39 is 7.92 Å². The summed E-state index contributed by atoms with van der Waals surface area (Å²) in [6.07, 6.45) is 1.36. The molecule has 1 aliphatic rings. The van der Waals surface area contributed by atoms with Crippen LogP contribution >= 0.6 is 23.9 Å². The van der Waals surface area contributed by atoms with E-state index in [9.17, 15) is 14.0 Å². The summed E-state index contributed by atoms with van der Waals surface area (Å²) in [5.74, 6) is -0.746. The highest BCUT2D eigenvalue weighted by atomic mass is 79.9. The summed E-state index contributed by atoms with van der Waals surface area (Å²) in [5, 5.41) is 0. The van der Waals surface area contributed by atoms with Gasteiger partial charge in [0.25, 0.3) is 0 Å². The Morgan fingerprint density at radius 2 is 1.87 bits per heavy atom. The summed E-state index contributed by atoms with van der Waals surface area (Å²) in [5.41, 5.74) is 1.70. The summed E-state index contributed by atoms with van der Waals surface area (Å²) in [6.45, 7) is 0. The Morgan fingerprint density at radius 3 is 2.57 bits per heavy atom. The molecule has 3 rings (SSSR count). The number of carbonyl (C=O) groups is 2. The Morgan fingerprint density at radius 1 is 1.13 bits per heavy atom. The van der Waals surface area contributed by atoms with Crippen LogP contribution in [0.4, 0.5) is 4.39 Å². The van der Waals surface area contributed by atoms with E-state index in [0.717, 1.165) is 5.56 Å². The molecule has 1 fully saturated rings. The fourth-order valence-corrected chi connectivity index (χ4v) is 5.26. The molecule has 2 nitrogen and oxygen atoms in total. The van der Waals surface area contributed by atoms with E-state index >= 15 is 0 Å². The van der Waals surface area contributed by atoms with Gasteiger partial charge in [-0.2, -0.15) is 0 Å². The van der Waals surface area contributed by atoms with Gasteiger partial charge in [-0.15, -0.1) is 0 Å². The van der Waals surface area contributed by atoms with Crippen molar-refractivity contribution in [3.8, 4) is 0 Å². The van der Waals surface area contributed by atoms with Crippen molar-refractivity contribution in [3.63, 3.8) is 0 Å². The van der Waals surface area contributed by atoms with Crippen LogP contribution in [-0.4, -0.2) is 11.0 Å². The fourth-order valence-electron chi connectivity index (χ4n) is 2.81. The third-order valence-corrected chi connectivity index (χ3v) is 7.04.